The molecule has 0 spiro atoms. The lowest BCUT2D eigenvalue weighted by molar-refractivity contribution is 0.189. The summed E-state index contributed by atoms with van der Waals surface area (Å²) < 4.78 is 30.8. The second-order valence-electron chi connectivity index (χ2n) is 3.82. The van der Waals surface area contributed by atoms with E-state index in [0.717, 1.165) is 24.6 Å². The van der Waals surface area contributed by atoms with Crippen molar-refractivity contribution in [2.45, 2.75) is 12.5 Å². The van der Waals surface area contributed by atoms with Crippen LogP contribution in [0, 0.1) is 11.6 Å². The van der Waals surface area contributed by atoms with E-state index in [1.807, 2.05) is 0 Å². The van der Waals surface area contributed by atoms with Gasteiger partial charge in [-0.15, -0.1) is 0 Å². The zero-order valence-corrected chi connectivity index (χ0v) is 9.00. The van der Waals surface area contributed by atoms with Gasteiger partial charge < -0.3 is 15.4 Å². The number of benzene rings is 1. The van der Waals surface area contributed by atoms with E-state index in [9.17, 15) is 13.6 Å². The van der Waals surface area contributed by atoms with Gasteiger partial charge in [-0.3, -0.25) is 0 Å². The number of halogens is 2. The number of rotatable bonds is 2. The van der Waals surface area contributed by atoms with Crippen LogP contribution in [-0.4, -0.2) is 25.3 Å². The molecule has 1 aromatic carbocycles. The van der Waals surface area contributed by atoms with Crippen molar-refractivity contribution >= 4 is 11.7 Å². The molecule has 1 saturated heterocycles. The first-order valence-corrected chi connectivity index (χ1v) is 5.25. The van der Waals surface area contributed by atoms with Gasteiger partial charge in [-0.05, 0) is 18.6 Å². The van der Waals surface area contributed by atoms with Gasteiger partial charge in [0.05, 0.1) is 12.6 Å². The van der Waals surface area contributed by atoms with Crippen molar-refractivity contribution in [2.75, 3.05) is 18.5 Å². The lowest BCUT2D eigenvalue weighted by atomic mass is 10.2. The maximum Gasteiger partial charge on any atom is 0.319 e. The fourth-order valence-corrected chi connectivity index (χ4v) is 1.63. The molecule has 1 heterocycles. The van der Waals surface area contributed by atoms with Crippen LogP contribution < -0.4 is 10.6 Å². The Morgan fingerprint density at radius 2 is 2.00 bits per heavy atom. The van der Waals surface area contributed by atoms with Gasteiger partial charge >= 0.3 is 6.03 Å². The molecule has 0 saturated carbocycles. The van der Waals surface area contributed by atoms with Crippen LogP contribution in [0.3, 0.4) is 0 Å². The van der Waals surface area contributed by atoms with E-state index in [1.54, 1.807) is 0 Å². The summed E-state index contributed by atoms with van der Waals surface area (Å²) >= 11 is 0. The predicted octanol–water partition coefficient (Wildman–Crippen LogP) is 1.88. The highest BCUT2D eigenvalue weighted by Gasteiger charge is 2.17. The quantitative estimate of drug-likeness (QED) is 0.831. The fourth-order valence-electron chi connectivity index (χ4n) is 1.63. The zero-order chi connectivity index (χ0) is 12.3. The Morgan fingerprint density at radius 1 is 1.29 bits per heavy atom. The Hall–Kier alpha value is -1.69. The first-order chi connectivity index (χ1) is 8.13. The largest absolute Gasteiger partial charge is 0.379 e. The van der Waals surface area contributed by atoms with Crippen LogP contribution in [0.4, 0.5) is 19.3 Å². The maximum absolute atomic E-state index is 12.9. The predicted molar refractivity (Wildman–Crippen MR) is 57.7 cm³/mol. The van der Waals surface area contributed by atoms with Crippen molar-refractivity contribution in [3.05, 3.63) is 29.8 Å². The molecule has 0 aromatic heterocycles. The van der Waals surface area contributed by atoms with E-state index in [2.05, 4.69) is 10.6 Å². The molecule has 2 rings (SSSR count). The van der Waals surface area contributed by atoms with Gasteiger partial charge in [0.1, 0.15) is 11.6 Å². The third-order valence-electron chi connectivity index (χ3n) is 2.39. The van der Waals surface area contributed by atoms with E-state index in [1.165, 1.54) is 0 Å². The summed E-state index contributed by atoms with van der Waals surface area (Å²) in [6.07, 6.45) is 0.741. The molecular formula is C11H12F2N2O2. The molecule has 1 fully saturated rings. The lowest BCUT2D eigenvalue weighted by Crippen LogP contribution is -2.38. The number of nitrogens with one attached hydrogen (secondary N) is 2. The third kappa shape index (κ3) is 3.39. The molecule has 17 heavy (non-hydrogen) atoms. The van der Waals surface area contributed by atoms with E-state index < -0.39 is 17.7 Å². The highest BCUT2D eigenvalue weighted by atomic mass is 19.1. The SMILES string of the molecule is O=C(Nc1cc(F)cc(F)c1)NC1CCOC1. The van der Waals surface area contributed by atoms with Crippen molar-refractivity contribution in [3.8, 4) is 0 Å². The fraction of sp³-hybridized carbons (Fsp3) is 0.364. The topological polar surface area (TPSA) is 50.4 Å². The van der Waals surface area contributed by atoms with Gasteiger partial charge in [-0.25, -0.2) is 13.6 Å². The third-order valence-corrected chi connectivity index (χ3v) is 2.39. The van der Waals surface area contributed by atoms with E-state index in [0.29, 0.717) is 13.2 Å². The van der Waals surface area contributed by atoms with E-state index in [4.69, 9.17) is 4.74 Å². The molecule has 0 bridgehead atoms. The van der Waals surface area contributed by atoms with Crippen LogP contribution in [0.25, 0.3) is 0 Å². The molecule has 1 atom stereocenters. The Balaban J connectivity index is 1.92. The number of anilines is 1. The second kappa shape index (κ2) is 5.09. The number of carbonyl (C=O) groups excluding carboxylic acids is 1. The summed E-state index contributed by atoms with van der Waals surface area (Å²) in [5.41, 5.74) is 0.0823. The van der Waals surface area contributed by atoms with Gasteiger partial charge in [0.2, 0.25) is 0 Å². The van der Waals surface area contributed by atoms with Crippen molar-refractivity contribution in [2.24, 2.45) is 0 Å². The maximum atomic E-state index is 12.9. The minimum absolute atomic E-state index is 0.0478. The molecule has 6 heteroatoms. The highest BCUT2D eigenvalue weighted by Crippen LogP contribution is 2.13. The molecule has 0 radical (unpaired) electrons. The zero-order valence-electron chi connectivity index (χ0n) is 9.00. The highest BCUT2D eigenvalue weighted by molar-refractivity contribution is 5.89. The van der Waals surface area contributed by atoms with Crippen LogP contribution in [0.2, 0.25) is 0 Å². The minimum atomic E-state index is -0.732. The Bertz CT molecular complexity index is 400. The number of carbonyl (C=O) groups is 1. The molecule has 2 N–H and O–H groups in total. The van der Waals surface area contributed by atoms with Gasteiger partial charge in [-0.1, -0.05) is 0 Å². The average Bonchev–Trinajstić information content (AvgIpc) is 2.67. The molecule has 1 aliphatic heterocycles. The van der Waals surface area contributed by atoms with Crippen LogP contribution in [0.1, 0.15) is 6.42 Å². The molecule has 4 nitrogen and oxygen atoms in total. The smallest absolute Gasteiger partial charge is 0.319 e. The van der Waals surface area contributed by atoms with Crippen LogP contribution in [0.15, 0.2) is 18.2 Å². The normalized spacial score (nSPS) is 19.1. The Morgan fingerprint density at radius 3 is 2.59 bits per heavy atom. The monoisotopic (exact) mass is 242 g/mol. The molecule has 1 aromatic rings. The van der Waals surface area contributed by atoms with Crippen molar-refractivity contribution < 1.29 is 18.3 Å². The molecule has 1 unspecified atom stereocenters. The molecule has 1 aliphatic rings. The average molecular weight is 242 g/mol. The van der Waals surface area contributed by atoms with Gasteiger partial charge in [-0.2, -0.15) is 0 Å². The summed E-state index contributed by atoms with van der Waals surface area (Å²) in [6.45, 7) is 1.07. The molecule has 2 amide bonds. The van der Waals surface area contributed by atoms with Crippen LogP contribution in [-0.2, 0) is 4.74 Å². The molecular weight excluding hydrogens is 230 g/mol. The van der Waals surface area contributed by atoms with Crippen LogP contribution >= 0.6 is 0 Å². The standard InChI is InChI=1S/C11H12F2N2O2/c12-7-3-8(13)5-10(4-7)15-11(16)14-9-1-2-17-6-9/h3-5,9H,1-2,6H2,(H2,14,15,16). The van der Waals surface area contributed by atoms with Crippen LogP contribution in [0.5, 0.6) is 0 Å². The Kier molecular flexibility index (Phi) is 3.53. The number of urea groups is 1. The molecule has 92 valence electrons. The minimum Gasteiger partial charge on any atom is -0.379 e. The summed E-state index contributed by atoms with van der Waals surface area (Å²) in [7, 11) is 0. The summed E-state index contributed by atoms with van der Waals surface area (Å²) in [4.78, 5) is 11.5. The van der Waals surface area contributed by atoms with Gasteiger partial charge in [0, 0.05) is 18.4 Å². The number of ether oxygens (including phenoxy) is 1. The Labute approximate surface area is 97.0 Å². The molecule has 0 aliphatic carbocycles. The van der Waals surface area contributed by atoms with Crippen molar-refractivity contribution in [1.29, 1.82) is 0 Å². The second-order valence-corrected chi connectivity index (χ2v) is 3.82. The first-order valence-electron chi connectivity index (χ1n) is 5.25. The lowest BCUT2D eigenvalue weighted by Gasteiger charge is -2.11. The van der Waals surface area contributed by atoms with Crippen molar-refractivity contribution in [3.63, 3.8) is 0 Å². The summed E-state index contributed by atoms with van der Waals surface area (Å²) in [6, 6.07) is 2.30. The number of hydrogen-bond donors (Lipinski definition) is 2. The first kappa shape index (κ1) is 11.8. The van der Waals surface area contributed by atoms with Gasteiger partial charge in [0.15, 0.2) is 0 Å². The number of hydrogen-bond acceptors (Lipinski definition) is 2. The van der Waals surface area contributed by atoms with E-state index in [-0.39, 0.29) is 11.7 Å². The van der Waals surface area contributed by atoms with E-state index >= 15 is 0 Å². The van der Waals surface area contributed by atoms with Crippen molar-refractivity contribution in [1.82, 2.24) is 5.32 Å². The number of amides is 2. The summed E-state index contributed by atoms with van der Waals surface area (Å²) in [5, 5.41) is 5.01. The summed E-state index contributed by atoms with van der Waals surface area (Å²) in [5.74, 6) is -1.46. The van der Waals surface area contributed by atoms with Gasteiger partial charge in [0.25, 0.3) is 0 Å².